The van der Waals surface area contributed by atoms with E-state index in [1.54, 1.807) is 50.6 Å². The summed E-state index contributed by atoms with van der Waals surface area (Å²) in [6.45, 7) is 1.97. The first-order chi connectivity index (χ1) is 15.5. The van der Waals surface area contributed by atoms with Crippen molar-refractivity contribution in [2.24, 2.45) is 4.99 Å². The number of aliphatic carboxylic acids is 1. The number of hydrogen-bond acceptors (Lipinski definition) is 5. The largest absolute Gasteiger partial charge is 0.493 e. The van der Waals surface area contributed by atoms with Crippen LogP contribution in [-0.4, -0.2) is 25.3 Å². The number of rotatable bonds is 6. The molecule has 162 valence electrons. The summed E-state index contributed by atoms with van der Waals surface area (Å²) in [4.78, 5) is 16.7. The molecule has 4 rings (SSSR count). The smallest absolute Gasteiger partial charge is 0.333 e. The van der Waals surface area contributed by atoms with Crippen LogP contribution in [0.25, 0.3) is 22.3 Å². The minimum Gasteiger partial charge on any atom is -0.493 e. The highest BCUT2D eigenvalue weighted by Gasteiger charge is 2.19. The molecular weight excluding hydrogens is 406 g/mol. The number of carbonyl (C=O) groups is 1. The highest BCUT2D eigenvalue weighted by atomic mass is 16.5. The third kappa shape index (κ3) is 4.21. The van der Waals surface area contributed by atoms with E-state index < -0.39 is 12.0 Å². The van der Waals surface area contributed by atoms with Gasteiger partial charge in [0.25, 0.3) is 0 Å². The number of nitrogens with zero attached hydrogens (tertiary/aromatic N) is 1. The number of ether oxygens (including phenoxy) is 2. The molecule has 1 N–H and O–H groups in total. The number of carboxylic acids is 1. The molecule has 0 aliphatic rings. The van der Waals surface area contributed by atoms with Crippen LogP contribution < -0.4 is 14.8 Å². The third-order valence-corrected chi connectivity index (χ3v) is 5.18. The van der Waals surface area contributed by atoms with Crippen molar-refractivity contribution >= 4 is 16.9 Å². The molecule has 1 atom stereocenters. The van der Waals surface area contributed by atoms with Crippen LogP contribution >= 0.6 is 0 Å². The molecule has 0 saturated heterocycles. The molecule has 1 aromatic heterocycles. The normalized spacial score (nSPS) is 12.5. The van der Waals surface area contributed by atoms with Gasteiger partial charge in [0.2, 0.25) is 0 Å². The van der Waals surface area contributed by atoms with Crippen molar-refractivity contribution in [3.8, 4) is 22.8 Å². The van der Waals surface area contributed by atoms with Gasteiger partial charge in [-0.15, -0.1) is 0 Å². The maximum Gasteiger partial charge on any atom is 0.333 e. The monoisotopic (exact) mass is 429 g/mol. The third-order valence-electron chi connectivity index (χ3n) is 5.18. The molecule has 6 nitrogen and oxygen atoms in total. The average molecular weight is 429 g/mol. The lowest BCUT2D eigenvalue weighted by atomic mass is 10.1. The molecule has 0 bridgehead atoms. The molecule has 0 saturated carbocycles. The van der Waals surface area contributed by atoms with Crippen molar-refractivity contribution < 1.29 is 23.8 Å². The second-order valence-corrected chi connectivity index (χ2v) is 7.35. The SMILES string of the molecule is COc1ccc(-c2cc(=N[C@@H](C(=O)O)c3ccccc3)c3cc(C)ccc3o2)cc1OC. The summed E-state index contributed by atoms with van der Waals surface area (Å²) >= 11 is 0. The molecule has 0 aliphatic carbocycles. The Bertz CT molecular complexity index is 1340. The molecule has 3 aromatic carbocycles. The minimum absolute atomic E-state index is 0.538. The molecule has 32 heavy (non-hydrogen) atoms. The highest BCUT2D eigenvalue weighted by molar-refractivity contribution is 5.80. The lowest BCUT2D eigenvalue weighted by Gasteiger charge is -2.11. The lowest BCUT2D eigenvalue weighted by Crippen LogP contribution is -2.15. The molecule has 1 heterocycles. The topological polar surface area (TPSA) is 81.3 Å². The fourth-order valence-corrected chi connectivity index (χ4v) is 3.57. The van der Waals surface area contributed by atoms with Gasteiger partial charge in [0, 0.05) is 17.0 Å². The Morgan fingerprint density at radius 3 is 2.38 bits per heavy atom. The van der Waals surface area contributed by atoms with E-state index in [2.05, 4.69) is 4.99 Å². The molecule has 0 aliphatic heterocycles. The molecule has 0 radical (unpaired) electrons. The van der Waals surface area contributed by atoms with Gasteiger partial charge < -0.3 is 19.0 Å². The van der Waals surface area contributed by atoms with Crippen molar-refractivity contribution in [3.63, 3.8) is 0 Å². The van der Waals surface area contributed by atoms with Crippen molar-refractivity contribution in [1.82, 2.24) is 0 Å². The molecule has 6 heteroatoms. The zero-order valence-corrected chi connectivity index (χ0v) is 18.0. The van der Waals surface area contributed by atoms with Crippen molar-refractivity contribution in [1.29, 1.82) is 0 Å². The van der Waals surface area contributed by atoms with E-state index in [0.717, 1.165) is 16.5 Å². The van der Waals surface area contributed by atoms with Gasteiger partial charge in [-0.25, -0.2) is 4.79 Å². The zero-order chi connectivity index (χ0) is 22.7. The second kappa shape index (κ2) is 8.98. The van der Waals surface area contributed by atoms with Crippen LogP contribution in [0.3, 0.4) is 0 Å². The van der Waals surface area contributed by atoms with Crippen LogP contribution in [0.4, 0.5) is 0 Å². The lowest BCUT2D eigenvalue weighted by molar-refractivity contribution is -0.138. The number of carboxylic acid groups (broad SMARTS) is 1. The average Bonchev–Trinajstić information content (AvgIpc) is 2.82. The van der Waals surface area contributed by atoms with E-state index in [1.165, 1.54) is 0 Å². The highest BCUT2D eigenvalue weighted by Crippen LogP contribution is 2.33. The van der Waals surface area contributed by atoms with E-state index in [-0.39, 0.29) is 0 Å². The Balaban J connectivity index is 1.97. The van der Waals surface area contributed by atoms with Gasteiger partial charge in [0.15, 0.2) is 17.5 Å². The number of benzene rings is 3. The molecule has 0 amide bonds. The first kappa shape index (κ1) is 21.2. The predicted molar refractivity (Wildman–Crippen MR) is 122 cm³/mol. The van der Waals surface area contributed by atoms with E-state index >= 15 is 0 Å². The first-order valence-corrected chi connectivity index (χ1v) is 10.1. The minimum atomic E-state index is -1.04. The van der Waals surface area contributed by atoms with Crippen molar-refractivity contribution in [2.75, 3.05) is 14.2 Å². The van der Waals surface area contributed by atoms with Crippen LogP contribution in [-0.2, 0) is 4.79 Å². The molecular formula is C26H23NO5. The molecule has 0 unspecified atom stereocenters. The molecule has 4 aromatic rings. The summed E-state index contributed by atoms with van der Waals surface area (Å²) in [5.41, 5.74) is 3.00. The Kier molecular flexibility index (Phi) is 5.94. The van der Waals surface area contributed by atoms with Gasteiger partial charge in [-0.1, -0.05) is 42.0 Å². The van der Waals surface area contributed by atoms with Gasteiger partial charge in [0.05, 0.1) is 19.6 Å². The van der Waals surface area contributed by atoms with Crippen LogP contribution in [0.15, 0.2) is 82.2 Å². The number of aryl methyl sites for hydroxylation is 1. The Hall–Kier alpha value is -4.06. The van der Waals surface area contributed by atoms with Crippen LogP contribution in [0, 0.1) is 6.92 Å². The van der Waals surface area contributed by atoms with Crippen LogP contribution in [0.1, 0.15) is 17.2 Å². The maximum atomic E-state index is 12.1. The number of hydrogen-bond donors (Lipinski definition) is 1. The molecule has 0 spiro atoms. The van der Waals surface area contributed by atoms with Gasteiger partial charge in [-0.2, -0.15) is 0 Å². The Labute approximate surface area is 185 Å². The van der Waals surface area contributed by atoms with Gasteiger partial charge in [-0.3, -0.25) is 4.99 Å². The summed E-state index contributed by atoms with van der Waals surface area (Å²) in [5.74, 6) is 0.687. The van der Waals surface area contributed by atoms with Crippen LogP contribution in [0.2, 0.25) is 0 Å². The van der Waals surface area contributed by atoms with Crippen molar-refractivity contribution in [2.45, 2.75) is 13.0 Å². The summed E-state index contributed by atoms with van der Waals surface area (Å²) in [6, 6.07) is 20.9. The fourth-order valence-electron chi connectivity index (χ4n) is 3.57. The van der Waals surface area contributed by atoms with E-state index in [0.29, 0.717) is 33.8 Å². The van der Waals surface area contributed by atoms with Crippen LogP contribution in [0.5, 0.6) is 11.5 Å². The summed E-state index contributed by atoms with van der Waals surface area (Å²) in [7, 11) is 3.15. The fraction of sp³-hybridized carbons (Fsp3) is 0.154. The maximum absolute atomic E-state index is 12.1. The van der Waals surface area contributed by atoms with Gasteiger partial charge >= 0.3 is 5.97 Å². The van der Waals surface area contributed by atoms with Gasteiger partial charge in [0.1, 0.15) is 11.3 Å². The van der Waals surface area contributed by atoms with E-state index in [1.807, 2.05) is 43.3 Å². The van der Waals surface area contributed by atoms with Gasteiger partial charge in [-0.05, 0) is 42.8 Å². The van der Waals surface area contributed by atoms with E-state index in [4.69, 9.17) is 13.9 Å². The molecule has 0 fully saturated rings. The summed E-state index contributed by atoms with van der Waals surface area (Å²) in [6.07, 6.45) is 0. The number of methoxy groups -OCH3 is 2. The Morgan fingerprint density at radius 2 is 1.69 bits per heavy atom. The zero-order valence-electron chi connectivity index (χ0n) is 18.0. The quantitative estimate of drug-likeness (QED) is 0.458. The predicted octanol–water partition coefficient (Wildman–Crippen LogP) is 5.15. The summed E-state index contributed by atoms with van der Waals surface area (Å²) < 4.78 is 16.9. The standard InChI is InChI=1S/C26H23NO5/c1-16-9-11-21-19(13-16)20(27-25(26(28)29)17-7-5-4-6-8-17)15-23(32-21)18-10-12-22(30-2)24(14-18)31-3/h4-15,25H,1-3H3,(H,28,29)/t25-/m1/s1. The second-order valence-electron chi connectivity index (χ2n) is 7.35. The van der Waals surface area contributed by atoms with E-state index in [9.17, 15) is 9.90 Å². The number of fused-ring (bicyclic) bond motifs is 1. The first-order valence-electron chi connectivity index (χ1n) is 10.1. The summed E-state index contributed by atoms with van der Waals surface area (Å²) in [5, 5.41) is 11.2. The van der Waals surface area contributed by atoms with Crippen molar-refractivity contribution in [3.05, 3.63) is 89.3 Å². The Morgan fingerprint density at radius 1 is 0.938 bits per heavy atom.